The third-order valence-electron chi connectivity index (χ3n) is 1.65. The molecular formula is C6H4N4O3. The molecule has 0 fully saturated rings. The summed E-state index contributed by atoms with van der Waals surface area (Å²) in [5.74, 6) is 0. The number of hydrogen-bond donors (Lipinski definition) is 1. The number of rotatable bonds is 1. The molecule has 2 rings (SSSR count). The minimum atomic E-state index is -0.580. The predicted molar refractivity (Wildman–Crippen MR) is 41.7 cm³/mol. The molecule has 2 heterocycles. The molecule has 0 aliphatic heterocycles. The number of aromatic nitrogens is 3. The Morgan fingerprint density at radius 1 is 1.62 bits per heavy atom. The number of hydrogen-bond acceptors (Lipinski definition) is 4. The van der Waals surface area contributed by atoms with Crippen LogP contribution in [0.5, 0.6) is 0 Å². The van der Waals surface area contributed by atoms with Gasteiger partial charge in [0.25, 0.3) is 0 Å². The van der Waals surface area contributed by atoms with Crippen molar-refractivity contribution >= 4 is 16.9 Å². The third-order valence-corrected chi connectivity index (χ3v) is 1.65. The predicted octanol–water partition coefficient (Wildman–Crippen LogP) is 0.104. The largest absolute Gasteiger partial charge is 0.711 e. The molecule has 7 nitrogen and oxygen atoms in total. The molecule has 13 heavy (non-hydrogen) atoms. The third kappa shape index (κ3) is 0.975. The van der Waals surface area contributed by atoms with Crippen molar-refractivity contribution in [1.29, 1.82) is 0 Å². The Hall–Kier alpha value is -2.18. The second-order valence-electron chi connectivity index (χ2n) is 2.38. The topological polar surface area (TPSA) is 98.8 Å². The number of fused-ring (bicyclic) bond motifs is 1. The summed E-state index contributed by atoms with van der Waals surface area (Å²) in [6.45, 7) is 0. The lowest BCUT2D eigenvalue weighted by Crippen LogP contribution is -2.26. The van der Waals surface area contributed by atoms with E-state index in [1.165, 1.54) is 6.33 Å². The van der Waals surface area contributed by atoms with Crippen LogP contribution in [-0.4, -0.2) is 14.9 Å². The number of H-pyrrole nitrogens is 1. The second kappa shape index (κ2) is 2.41. The Labute approximate surface area is 71.4 Å². The first-order valence-electron chi connectivity index (χ1n) is 3.40. The van der Waals surface area contributed by atoms with Gasteiger partial charge in [-0.05, 0) is 0 Å². The maximum absolute atomic E-state index is 11.0. The molecule has 0 amide bonds. The summed E-state index contributed by atoms with van der Waals surface area (Å²) in [5, 5.41) is 21.5. The van der Waals surface area contributed by atoms with Crippen LogP contribution in [0.25, 0.3) is 11.2 Å². The lowest BCUT2D eigenvalue weighted by Gasteiger charge is -1.99. The van der Waals surface area contributed by atoms with Gasteiger partial charge in [-0.15, -0.1) is 0 Å². The maximum atomic E-state index is 11.0. The summed E-state index contributed by atoms with van der Waals surface area (Å²) in [7, 11) is 0. The van der Waals surface area contributed by atoms with E-state index >= 15 is 0 Å². The van der Waals surface area contributed by atoms with E-state index in [9.17, 15) is 15.3 Å². The van der Waals surface area contributed by atoms with Gasteiger partial charge in [0.2, 0.25) is 5.52 Å². The minimum absolute atomic E-state index is 0.0718. The molecule has 0 atom stereocenters. The molecular weight excluding hydrogens is 176 g/mol. The highest BCUT2D eigenvalue weighted by Crippen LogP contribution is 2.18. The molecule has 0 unspecified atom stereocenters. The Bertz CT molecular complexity index is 478. The summed E-state index contributed by atoms with van der Waals surface area (Å²) < 4.78 is 0.495. The van der Waals surface area contributed by atoms with E-state index in [1.54, 1.807) is 0 Å². The summed E-state index contributed by atoms with van der Waals surface area (Å²) >= 11 is 0. The van der Waals surface area contributed by atoms with Gasteiger partial charge in [-0.2, -0.15) is 0 Å². The van der Waals surface area contributed by atoms with E-state index < -0.39 is 4.92 Å². The van der Waals surface area contributed by atoms with Crippen molar-refractivity contribution in [3.8, 4) is 0 Å². The number of aromatic amines is 1. The van der Waals surface area contributed by atoms with Crippen LogP contribution < -0.4 is 4.73 Å². The van der Waals surface area contributed by atoms with Crippen LogP contribution in [0, 0.1) is 15.3 Å². The lowest BCUT2D eigenvalue weighted by atomic mass is 10.4. The standard InChI is InChI=1S/C6H4N4O3/c11-9-2-1-4(10(12)13)5-6(9)8-3-7-5/h1-3H,(H,7,8). The SMILES string of the molecule is O=[N+]([O-])c1cc[n+]([O-])c2[nH]cnc12. The van der Waals surface area contributed by atoms with Crippen LogP contribution in [-0.2, 0) is 0 Å². The quantitative estimate of drug-likeness (QED) is 0.291. The molecule has 0 aromatic carbocycles. The van der Waals surface area contributed by atoms with E-state index in [4.69, 9.17) is 0 Å². The molecule has 0 bridgehead atoms. The fourth-order valence-corrected chi connectivity index (χ4v) is 1.08. The van der Waals surface area contributed by atoms with Crippen LogP contribution in [0.4, 0.5) is 5.69 Å². The lowest BCUT2D eigenvalue weighted by molar-refractivity contribution is -0.579. The highest BCUT2D eigenvalue weighted by molar-refractivity contribution is 5.77. The average Bonchev–Trinajstić information content (AvgIpc) is 2.53. The van der Waals surface area contributed by atoms with E-state index in [1.807, 2.05) is 0 Å². The van der Waals surface area contributed by atoms with Crippen molar-refractivity contribution in [1.82, 2.24) is 9.97 Å². The van der Waals surface area contributed by atoms with Crippen molar-refractivity contribution in [2.45, 2.75) is 0 Å². The van der Waals surface area contributed by atoms with Gasteiger partial charge in [0, 0.05) is 0 Å². The molecule has 0 saturated carbocycles. The van der Waals surface area contributed by atoms with Crippen LogP contribution in [0.3, 0.4) is 0 Å². The molecule has 1 N–H and O–H groups in total. The summed E-state index contributed by atoms with van der Waals surface area (Å²) in [6, 6.07) is 1.12. The second-order valence-corrected chi connectivity index (χ2v) is 2.38. The number of imidazole rings is 1. The molecule has 2 aromatic rings. The zero-order valence-corrected chi connectivity index (χ0v) is 6.30. The van der Waals surface area contributed by atoms with E-state index in [2.05, 4.69) is 9.97 Å². The highest BCUT2D eigenvalue weighted by Gasteiger charge is 2.18. The van der Waals surface area contributed by atoms with Gasteiger partial charge in [-0.1, -0.05) is 0 Å². The van der Waals surface area contributed by atoms with Crippen molar-refractivity contribution in [2.24, 2.45) is 0 Å². The molecule has 0 saturated heterocycles. The first-order chi connectivity index (χ1) is 6.20. The fourth-order valence-electron chi connectivity index (χ4n) is 1.08. The summed E-state index contributed by atoms with van der Waals surface area (Å²) in [4.78, 5) is 16.1. The Morgan fingerprint density at radius 2 is 2.38 bits per heavy atom. The van der Waals surface area contributed by atoms with Gasteiger partial charge in [-0.3, -0.25) is 10.1 Å². The normalized spacial score (nSPS) is 10.5. The molecule has 66 valence electrons. The Kier molecular flexibility index (Phi) is 1.38. The first-order valence-corrected chi connectivity index (χ1v) is 3.40. The maximum Gasteiger partial charge on any atom is 0.317 e. The summed E-state index contributed by atoms with van der Waals surface area (Å²) in [5.41, 5.74) is -0.0138. The number of nitro groups is 1. The minimum Gasteiger partial charge on any atom is -0.711 e. The zero-order chi connectivity index (χ0) is 9.42. The van der Waals surface area contributed by atoms with E-state index in [-0.39, 0.29) is 16.9 Å². The molecule has 0 radical (unpaired) electrons. The molecule has 0 aliphatic rings. The molecule has 0 aliphatic carbocycles. The average molecular weight is 180 g/mol. The highest BCUT2D eigenvalue weighted by atomic mass is 16.6. The number of nitrogens with one attached hydrogen (secondary N) is 1. The van der Waals surface area contributed by atoms with Crippen molar-refractivity contribution in [3.05, 3.63) is 33.9 Å². The Morgan fingerprint density at radius 3 is 3.08 bits per heavy atom. The zero-order valence-electron chi connectivity index (χ0n) is 6.30. The van der Waals surface area contributed by atoms with Gasteiger partial charge in [0.15, 0.2) is 6.33 Å². The molecule has 7 heteroatoms. The van der Waals surface area contributed by atoms with Crippen LogP contribution in [0.15, 0.2) is 18.6 Å². The molecule has 0 spiro atoms. The monoisotopic (exact) mass is 180 g/mol. The van der Waals surface area contributed by atoms with Crippen LogP contribution in [0.2, 0.25) is 0 Å². The smallest absolute Gasteiger partial charge is 0.317 e. The van der Waals surface area contributed by atoms with Gasteiger partial charge >= 0.3 is 11.3 Å². The number of nitrogens with zero attached hydrogens (tertiary/aromatic N) is 3. The van der Waals surface area contributed by atoms with Crippen LogP contribution in [0.1, 0.15) is 0 Å². The van der Waals surface area contributed by atoms with Gasteiger partial charge in [0.05, 0.1) is 11.0 Å². The Balaban J connectivity index is 2.86. The van der Waals surface area contributed by atoms with Gasteiger partial charge < -0.3 is 5.21 Å². The molecule has 2 aromatic heterocycles. The van der Waals surface area contributed by atoms with E-state index in [0.29, 0.717) is 4.73 Å². The van der Waals surface area contributed by atoms with Crippen LogP contribution >= 0.6 is 0 Å². The first kappa shape index (κ1) is 7.47. The summed E-state index contributed by atoms with van der Waals surface area (Å²) in [6.07, 6.45) is 2.31. The van der Waals surface area contributed by atoms with Gasteiger partial charge in [-0.25, -0.2) is 14.7 Å². The van der Waals surface area contributed by atoms with E-state index in [0.717, 1.165) is 12.3 Å². The number of pyridine rings is 1. The van der Waals surface area contributed by atoms with Crippen molar-refractivity contribution < 1.29 is 9.65 Å². The fraction of sp³-hybridized carbons (Fsp3) is 0. The van der Waals surface area contributed by atoms with Crippen molar-refractivity contribution in [3.63, 3.8) is 0 Å². The van der Waals surface area contributed by atoms with Gasteiger partial charge in [0.1, 0.15) is 6.20 Å². The van der Waals surface area contributed by atoms with Crippen molar-refractivity contribution in [2.75, 3.05) is 0 Å².